The number of carbonyl (C=O) groups excluding carboxylic acids is 5. The number of esters is 1. The zero-order chi connectivity index (χ0) is 18.1. The Bertz CT molecular complexity index is 800. The van der Waals surface area contributed by atoms with Gasteiger partial charge in [0.1, 0.15) is 12.3 Å². The quantitative estimate of drug-likeness (QED) is 0.483. The van der Waals surface area contributed by atoms with Crippen molar-refractivity contribution in [2.24, 2.45) is 0 Å². The first kappa shape index (κ1) is 16.8. The van der Waals surface area contributed by atoms with E-state index in [2.05, 4.69) is 10.1 Å². The van der Waals surface area contributed by atoms with Crippen LogP contribution in [0.25, 0.3) is 0 Å². The second kappa shape index (κ2) is 6.46. The largest absolute Gasteiger partial charge is 0.468 e. The van der Waals surface area contributed by atoms with Gasteiger partial charge in [-0.2, -0.15) is 0 Å². The first-order valence-electron chi connectivity index (χ1n) is 7.80. The minimum Gasteiger partial charge on any atom is -0.468 e. The lowest BCUT2D eigenvalue weighted by Crippen LogP contribution is -2.47. The number of ether oxygens (including phenoxy) is 1. The molecule has 8 nitrogen and oxygen atoms in total. The van der Waals surface area contributed by atoms with Gasteiger partial charge >= 0.3 is 5.97 Å². The van der Waals surface area contributed by atoms with Gasteiger partial charge in [-0.3, -0.25) is 28.9 Å². The van der Waals surface area contributed by atoms with Crippen molar-refractivity contribution >= 4 is 35.0 Å². The highest BCUT2D eigenvalue weighted by Gasteiger charge is 2.45. The molecule has 1 aromatic carbocycles. The summed E-state index contributed by atoms with van der Waals surface area (Å²) in [5, 5.41) is 2.78. The van der Waals surface area contributed by atoms with Crippen LogP contribution in [0.4, 0.5) is 5.69 Å². The average molecular weight is 344 g/mol. The molecule has 2 aliphatic rings. The Kier molecular flexibility index (Phi) is 4.35. The van der Waals surface area contributed by atoms with E-state index in [1.165, 1.54) is 13.2 Å². The molecular formula is C17H16N2O6. The fourth-order valence-corrected chi connectivity index (χ4v) is 3.11. The van der Waals surface area contributed by atoms with Crippen molar-refractivity contribution in [1.82, 2.24) is 4.90 Å². The van der Waals surface area contributed by atoms with E-state index in [0.717, 1.165) is 4.90 Å². The number of rotatable bonds is 4. The van der Waals surface area contributed by atoms with Gasteiger partial charge in [0.2, 0.25) is 0 Å². The summed E-state index contributed by atoms with van der Waals surface area (Å²) in [7, 11) is 1.24. The van der Waals surface area contributed by atoms with Gasteiger partial charge in [0, 0.05) is 12.1 Å². The van der Waals surface area contributed by atoms with E-state index < -0.39 is 29.6 Å². The molecule has 1 saturated carbocycles. The number of Topliss-reactive ketones (excluding diaryl/α,β-unsaturated/α-hetero) is 2. The van der Waals surface area contributed by atoms with Crippen LogP contribution < -0.4 is 5.32 Å². The Morgan fingerprint density at radius 2 is 2.00 bits per heavy atom. The number of carbonyl (C=O) groups is 5. The smallest absolute Gasteiger partial charge is 0.325 e. The highest BCUT2D eigenvalue weighted by Crippen LogP contribution is 2.33. The van der Waals surface area contributed by atoms with Crippen molar-refractivity contribution < 1.29 is 28.7 Å². The van der Waals surface area contributed by atoms with E-state index in [9.17, 15) is 24.0 Å². The number of imide groups is 1. The number of amides is 2. The number of hydrogen-bond donors (Lipinski definition) is 1. The van der Waals surface area contributed by atoms with Crippen molar-refractivity contribution in [3.63, 3.8) is 0 Å². The molecule has 8 heteroatoms. The molecule has 0 aromatic heterocycles. The summed E-state index contributed by atoms with van der Waals surface area (Å²) in [5.74, 6) is -2.28. The molecule has 3 rings (SSSR count). The van der Waals surface area contributed by atoms with E-state index >= 15 is 0 Å². The fourth-order valence-electron chi connectivity index (χ4n) is 3.11. The van der Waals surface area contributed by atoms with E-state index in [4.69, 9.17) is 0 Å². The minimum absolute atomic E-state index is 0.126. The van der Waals surface area contributed by atoms with Gasteiger partial charge in [0.05, 0.1) is 30.7 Å². The number of ketones is 2. The molecule has 1 aromatic rings. The third kappa shape index (κ3) is 2.90. The molecule has 0 bridgehead atoms. The number of fused-ring (bicyclic) bond motifs is 1. The van der Waals surface area contributed by atoms with E-state index in [-0.39, 0.29) is 42.7 Å². The topological polar surface area (TPSA) is 110 Å². The van der Waals surface area contributed by atoms with Crippen LogP contribution in [-0.4, -0.2) is 53.9 Å². The molecule has 1 heterocycles. The van der Waals surface area contributed by atoms with Crippen LogP contribution in [0.2, 0.25) is 0 Å². The number of hydrogen-bond acceptors (Lipinski definition) is 7. The summed E-state index contributed by atoms with van der Waals surface area (Å²) >= 11 is 0. The number of anilines is 1. The number of nitrogens with zero attached hydrogens (tertiary/aromatic N) is 1. The maximum Gasteiger partial charge on any atom is 0.325 e. The highest BCUT2D eigenvalue weighted by atomic mass is 16.5. The first-order valence-corrected chi connectivity index (χ1v) is 7.80. The Morgan fingerprint density at radius 3 is 2.68 bits per heavy atom. The van der Waals surface area contributed by atoms with Crippen molar-refractivity contribution in [2.75, 3.05) is 19.0 Å². The van der Waals surface area contributed by atoms with Crippen LogP contribution in [0.15, 0.2) is 18.2 Å². The van der Waals surface area contributed by atoms with E-state index in [0.29, 0.717) is 5.69 Å². The van der Waals surface area contributed by atoms with E-state index in [1.807, 2.05) is 0 Å². The monoisotopic (exact) mass is 344 g/mol. The molecule has 0 radical (unpaired) electrons. The second-order valence-electron chi connectivity index (χ2n) is 5.87. The maximum atomic E-state index is 12.8. The van der Waals surface area contributed by atoms with Crippen LogP contribution in [0.1, 0.15) is 40.0 Å². The zero-order valence-electron chi connectivity index (χ0n) is 13.5. The summed E-state index contributed by atoms with van der Waals surface area (Å²) < 4.78 is 4.54. The predicted octanol–water partition coefficient (Wildman–Crippen LogP) is 0.558. The van der Waals surface area contributed by atoms with Crippen LogP contribution in [-0.2, 0) is 19.1 Å². The lowest BCUT2D eigenvalue weighted by Gasteiger charge is -2.27. The summed E-state index contributed by atoms with van der Waals surface area (Å²) in [6, 6.07) is 3.73. The maximum absolute atomic E-state index is 12.8. The van der Waals surface area contributed by atoms with Crippen LogP contribution in [0.3, 0.4) is 0 Å². The van der Waals surface area contributed by atoms with Gasteiger partial charge in [-0.1, -0.05) is 6.07 Å². The lowest BCUT2D eigenvalue weighted by molar-refractivity contribution is -0.138. The Labute approximate surface area is 143 Å². The normalized spacial score (nSPS) is 19.9. The minimum atomic E-state index is -0.918. The Hall–Kier alpha value is -3.03. The van der Waals surface area contributed by atoms with Crippen molar-refractivity contribution in [3.8, 4) is 0 Å². The van der Waals surface area contributed by atoms with Crippen molar-refractivity contribution in [2.45, 2.75) is 25.3 Å². The molecule has 1 aliphatic heterocycles. The third-order valence-electron chi connectivity index (χ3n) is 4.35. The fraction of sp³-hybridized carbons (Fsp3) is 0.353. The molecule has 1 aliphatic carbocycles. The first-order chi connectivity index (χ1) is 11.9. The van der Waals surface area contributed by atoms with Gasteiger partial charge in [-0.05, 0) is 18.6 Å². The van der Waals surface area contributed by atoms with E-state index in [1.54, 1.807) is 12.1 Å². The lowest BCUT2D eigenvalue weighted by atomic mass is 9.92. The zero-order valence-corrected chi connectivity index (χ0v) is 13.5. The van der Waals surface area contributed by atoms with Crippen molar-refractivity contribution in [1.29, 1.82) is 0 Å². The molecule has 1 fully saturated rings. The molecular weight excluding hydrogens is 328 g/mol. The molecule has 25 heavy (non-hydrogen) atoms. The van der Waals surface area contributed by atoms with Crippen LogP contribution >= 0.6 is 0 Å². The summed E-state index contributed by atoms with van der Waals surface area (Å²) in [6.07, 6.45) is 0.0524. The Balaban J connectivity index is 1.90. The summed E-state index contributed by atoms with van der Waals surface area (Å²) in [6.45, 7) is -0.161. The van der Waals surface area contributed by atoms with Crippen LogP contribution in [0.5, 0.6) is 0 Å². The summed E-state index contributed by atoms with van der Waals surface area (Å²) in [5.41, 5.74) is 0.619. The predicted molar refractivity (Wildman–Crippen MR) is 85.1 cm³/mol. The number of benzene rings is 1. The summed E-state index contributed by atoms with van der Waals surface area (Å²) in [4.78, 5) is 61.1. The van der Waals surface area contributed by atoms with Gasteiger partial charge in [0.25, 0.3) is 11.8 Å². The molecule has 1 atom stereocenters. The van der Waals surface area contributed by atoms with Crippen molar-refractivity contribution in [3.05, 3.63) is 29.3 Å². The molecule has 1 unspecified atom stereocenters. The third-order valence-corrected chi connectivity index (χ3v) is 4.35. The van der Waals surface area contributed by atoms with Crippen LogP contribution in [0, 0.1) is 0 Å². The van der Waals surface area contributed by atoms with Gasteiger partial charge < -0.3 is 10.1 Å². The molecule has 0 spiro atoms. The second-order valence-corrected chi connectivity index (χ2v) is 5.87. The molecule has 0 saturated heterocycles. The molecule has 2 amide bonds. The Morgan fingerprint density at radius 1 is 1.24 bits per heavy atom. The number of nitrogens with one attached hydrogen (secondary N) is 1. The molecule has 1 N–H and O–H groups in total. The SMILES string of the molecule is COC(=O)CNc1cccc2c1C(=O)N(C1CCC(=O)CC1=O)C2=O. The standard InChI is InChI=1S/C17H16N2O6/c1-25-14(22)8-18-11-4-2-3-10-15(11)17(24)19(16(10)23)12-6-5-9(20)7-13(12)21/h2-4,12,18H,5-8H2,1H3. The van der Waals surface area contributed by atoms with Gasteiger partial charge in [0.15, 0.2) is 5.78 Å². The average Bonchev–Trinajstić information content (AvgIpc) is 2.85. The molecule has 130 valence electrons. The number of methoxy groups -OCH3 is 1. The van der Waals surface area contributed by atoms with Gasteiger partial charge in [-0.15, -0.1) is 0 Å². The van der Waals surface area contributed by atoms with Gasteiger partial charge in [-0.25, -0.2) is 0 Å². The highest BCUT2D eigenvalue weighted by molar-refractivity contribution is 6.25.